The van der Waals surface area contributed by atoms with Crippen molar-refractivity contribution in [3.63, 3.8) is 0 Å². The van der Waals surface area contributed by atoms with Crippen molar-refractivity contribution in [1.29, 1.82) is 0 Å². The summed E-state index contributed by atoms with van der Waals surface area (Å²) >= 11 is 0. The molecule has 3 nitrogen and oxygen atoms in total. The number of nitrogens with one attached hydrogen (secondary N) is 1. The zero-order valence-corrected chi connectivity index (χ0v) is 7.33. The van der Waals surface area contributed by atoms with E-state index in [-0.39, 0.29) is 6.10 Å². The minimum Gasteiger partial charge on any atom is -0.393 e. The van der Waals surface area contributed by atoms with Crippen LogP contribution in [0.5, 0.6) is 0 Å². The van der Waals surface area contributed by atoms with E-state index in [0.717, 1.165) is 39.0 Å². The molecule has 3 heteroatoms. The molecule has 2 aliphatic heterocycles. The van der Waals surface area contributed by atoms with Crippen LogP contribution in [0.2, 0.25) is 0 Å². The molecule has 3 atom stereocenters. The molecule has 70 valence electrons. The normalized spacial score (nSPS) is 43.2. The quantitative estimate of drug-likeness (QED) is 0.544. The first-order chi connectivity index (χ1) is 5.88. The molecule has 2 fully saturated rings. The van der Waals surface area contributed by atoms with Gasteiger partial charge in [-0.1, -0.05) is 0 Å². The van der Waals surface area contributed by atoms with Crippen LogP contribution in [0.3, 0.4) is 0 Å². The first kappa shape index (κ1) is 8.48. The number of hydrogen-bond acceptors (Lipinski definition) is 3. The van der Waals surface area contributed by atoms with Crippen LogP contribution in [-0.4, -0.2) is 37.0 Å². The lowest BCUT2D eigenvalue weighted by molar-refractivity contribution is -0.0121. The van der Waals surface area contributed by atoms with Crippen LogP contribution >= 0.6 is 0 Å². The highest BCUT2D eigenvalue weighted by Crippen LogP contribution is 2.24. The van der Waals surface area contributed by atoms with Crippen LogP contribution in [0.25, 0.3) is 0 Å². The van der Waals surface area contributed by atoms with Gasteiger partial charge in [0, 0.05) is 18.6 Å². The molecule has 0 aliphatic carbocycles. The van der Waals surface area contributed by atoms with Gasteiger partial charge in [-0.05, 0) is 25.8 Å². The summed E-state index contributed by atoms with van der Waals surface area (Å²) in [6.07, 6.45) is 2.95. The molecule has 0 spiro atoms. The highest BCUT2D eigenvalue weighted by atomic mass is 16.5. The lowest BCUT2D eigenvalue weighted by atomic mass is 9.89. The molecule has 0 aromatic rings. The lowest BCUT2D eigenvalue weighted by Crippen LogP contribution is -2.46. The minimum absolute atomic E-state index is 0.103. The molecule has 0 radical (unpaired) electrons. The topological polar surface area (TPSA) is 41.5 Å². The number of fused-ring (bicyclic) bond motifs is 1. The minimum atomic E-state index is -0.103. The van der Waals surface area contributed by atoms with E-state index >= 15 is 0 Å². The van der Waals surface area contributed by atoms with Crippen LogP contribution in [0.15, 0.2) is 0 Å². The number of rotatable bonds is 0. The fraction of sp³-hybridized carbons (Fsp3) is 1.00. The SMILES string of the molecule is OC1CCCNC2COCCC12. The Labute approximate surface area is 73.1 Å². The van der Waals surface area contributed by atoms with Gasteiger partial charge < -0.3 is 15.2 Å². The van der Waals surface area contributed by atoms with E-state index in [0.29, 0.717) is 12.0 Å². The van der Waals surface area contributed by atoms with Crippen molar-refractivity contribution in [2.45, 2.75) is 31.4 Å². The second-order valence-corrected chi connectivity index (χ2v) is 3.80. The maximum absolute atomic E-state index is 9.79. The van der Waals surface area contributed by atoms with Gasteiger partial charge in [0.05, 0.1) is 12.7 Å². The van der Waals surface area contributed by atoms with Gasteiger partial charge in [-0.3, -0.25) is 0 Å². The maximum Gasteiger partial charge on any atom is 0.0623 e. The van der Waals surface area contributed by atoms with Crippen LogP contribution < -0.4 is 5.32 Å². The Morgan fingerprint density at radius 2 is 2.25 bits per heavy atom. The molecular formula is C9H17NO2. The van der Waals surface area contributed by atoms with Crippen molar-refractivity contribution in [3.05, 3.63) is 0 Å². The van der Waals surface area contributed by atoms with Gasteiger partial charge in [0.1, 0.15) is 0 Å². The van der Waals surface area contributed by atoms with Gasteiger partial charge in [-0.15, -0.1) is 0 Å². The van der Waals surface area contributed by atoms with E-state index in [1.807, 2.05) is 0 Å². The van der Waals surface area contributed by atoms with Crippen molar-refractivity contribution in [1.82, 2.24) is 5.32 Å². The van der Waals surface area contributed by atoms with Crippen LogP contribution in [0.4, 0.5) is 0 Å². The summed E-state index contributed by atoms with van der Waals surface area (Å²) in [5.74, 6) is 0.432. The molecule has 2 saturated heterocycles. The molecule has 2 rings (SSSR count). The summed E-state index contributed by atoms with van der Waals surface area (Å²) in [4.78, 5) is 0. The van der Waals surface area contributed by atoms with Crippen molar-refractivity contribution < 1.29 is 9.84 Å². The Balaban J connectivity index is 2.01. The summed E-state index contributed by atoms with van der Waals surface area (Å²) in [5, 5.41) is 13.2. The van der Waals surface area contributed by atoms with E-state index in [4.69, 9.17) is 4.74 Å². The van der Waals surface area contributed by atoms with E-state index in [1.165, 1.54) is 0 Å². The Morgan fingerprint density at radius 3 is 3.17 bits per heavy atom. The summed E-state index contributed by atoms with van der Waals surface area (Å²) in [5.41, 5.74) is 0. The Kier molecular flexibility index (Phi) is 2.63. The van der Waals surface area contributed by atoms with Crippen molar-refractivity contribution in [2.24, 2.45) is 5.92 Å². The zero-order valence-electron chi connectivity index (χ0n) is 7.33. The molecule has 3 unspecified atom stereocenters. The Hall–Kier alpha value is -0.120. The second kappa shape index (κ2) is 3.73. The van der Waals surface area contributed by atoms with Gasteiger partial charge in [0.25, 0.3) is 0 Å². The summed E-state index contributed by atoms with van der Waals surface area (Å²) < 4.78 is 5.37. The summed E-state index contributed by atoms with van der Waals surface area (Å²) in [6, 6.07) is 0.399. The fourth-order valence-electron chi connectivity index (χ4n) is 2.24. The Bertz CT molecular complexity index is 151. The molecule has 12 heavy (non-hydrogen) atoms. The Morgan fingerprint density at radius 1 is 1.33 bits per heavy atom. The number of aliphatic hydroxyl groups is 1. The molecule has 2 N–H and O–H groups in total. The first-order valence-electron chi connectivity index (χ1n) is 4.87. The zero-order chi connectivity index (χ0) is 8.39. The average Bonchev–Trinajstić information content (AvgIpc) is 2.29. The van der Waals surface area contributed by atoms with Crippen molar-refractivity contribution >= 4 is 0 Å². The van der Waals surface area contributed by atoms with E-state index in [9.17, 15) is 5.11 Å². The largest absolute Gasteiger partial charge is 0.393 e. The average molecular weight is 171 g/mol. The molecule has 0 amide bonds. The second-order valence-electron chi connectivity index (χ2n) is 3.80. The number of hydrogen-bond donors (Lipinski definition) is 2. The van der Waals surface area contributed by atoms with Crippen molar-refractivity contribution in [3.8, 4) is 0 Å². The predicted octanol–water partition coefficient (Wildman–Crippen LogP) is 0.136. The van der Waals surface area contributed by atoms with Gasteiger partial charge >= 0.3 is 0 Å². The molecule has 0 bridgehead atoms. The summed E-state index contributed by atoms with van der Waals surface area (Å²) in [6.45, 7) is 2.63. The van der Waals surface area contributed by atoms with Crippen LogP contribution in [0.1, 0.15) is 19.3 Å². The maximum atomic E-state index is 9.79. The third kappa shape index (κ3) is 1.63. The molecular weight excluding hydrogens is 154 g/mol. The predicted molar refractivity (Wildman–Crippen MR) is 46.0 cm³/mol. The van der Waals surface area contributed by atoms with Gasteiger partial charge in [-0.2, -0.15) is 0 Å². The smallest absolute Gasteiger partial charge is 0.0623 e. The van der Waals surface area contributed by atoms with E-state index in [1.54, 1.807) is 0 Å². The monoisotopic (exact) mass is 171 g/mol. The first-order valence-corrected chi connectivity index (χ1v) is 4.87. The number of ether oxygens (including phenoxy) is 1. The van der Waals surface area contributed by atoms with Crippen LogP contribution in [-0.2, 0) is 4.74 Å². The van der Waals surface area contributed by atoms with Crippen LogP contribution in [0, 0.1) is 5.92 Å². The van der Waals surface area contributed by atoms with Crippen molar-refractivity contribution in [2.75, 3.05) is 19.8 Å². The highest BCUT2D eigenvalue weighted by molar-refractivity contribution is 4.86. The third-order valence-electron chi connectivity index (χ3n) is 2.99. The molecule has 0 aromatic carbocycles. The van der Waals surface area contributed by atoms with Gasteiger partial charge in [0.15, 0.2) is 0 Å². The molecule has 0 saturated carbocycles. The molecule has 0 aromatic heterocycles. The highest BCUT2D eigenvalue weighted by Gasteiger charge is 2.32. The number of aliphatic hydroxyl groups excluding tert-OH is 1. The van der Waals surface area contributed by atoms with Gasteiger partial charge in [-0.25, -0.2) is 0 Å². The van der Waals surface area contributed by atoms with E-state index in [2.05, 4.69) is 5.32 Å². The lowest BCUT2D eigenvalue weighted by Gasteiger charge is -2.32. The molecule has 2 aliphatic rings. The van der Waals surface area contributed by atoms with E-state index < -0.39 is 0 Å². The standard InChI is InChI=1S/C9H17NO2/c11-9-2-1-4-10-8-6-12-5-3-7(8)9/h7-11H,1-6H2. The summed E-state index contributed by atoms with van der Waals surface area (Å²) in [7, 11) is 0. The van der Waals surface area contributed by atoms with Gasteiger partial charge in [0.2, 0.25) is 0 Å². The third-order valence-corrected chi connectivity index (χ3v) is 2.99. The fourth-order valence-corrected chi connectivity index (χ4v) is 2.24. The molecule has 2 heterocycles.